The molecule has 0 fully saturated rings. The number of carbonyl (C=O) groups is 1. The van der Waals surface area contributed by atoms with Crippen LogP contribution in [0.1, 0.15) is 33.6 Å². The lowest BCUT2D eigenvalue weighted by Crippen LogP contribution is -2.36. The molecule has 0 aromatic carbocycles. The summed E-state index contributed by atoms with van der Waals surface area (Å²) in [6.45, 7) is 9.74. The topological polar surface area (TPSA) is 29.1 Å². The second-order valence-electron chi connectivity index (χ2n) is 3.08. The number of amides is 1. The van der Waals surface area contributed by atoms with Gasteiger partial charge in [-0.25, -0.2) is 0 Å². The van der Waals surface area contributed by atoms with Crippen molar-refractivity contribution in [1.82, 2.24) is 5.32 Å². The van der Waals surface area contributed by atoms with Crippen LogP contribution in [0.3, 0.4) is 0 Å². The van der Waals surface area contributed by atoms with Gasteiger partial charge in [-0.2, -0.15) is 0 Å². The van der Waals surface area contributed by atoms with Gasteiger partial charge in [0.2, 0.25) is 5.91 Å². The number of carbonyl (C=O) groups excluding carboxylic acids is 1. The van der Waals surface area contributed by atoms with Gasteiger partial charge < -0.3 is 5.32 Å². The monoisotopic (exact) mass is 169 g/mol. The van der Waals surface area contributed by atoms with Gasteiger partial charge in [0.25, 0.3) is 0 Å². The van der Waals surface area contributed by atoms with Gasteiger partial charge in [-0.05, 0) is 18.9 Å². The minimum absolute atomic E-state index is 0.0746. The predicted molar refractivity (Wildman–Crippen MR) is 51.9 cm³/mol. The molecule has 2 nitrogen and oxygen atoms in total. The summed E-state index contributed by atoms with van der Waals surface area (Å²) >= 11 is 0. The van der Waals surface area contributed by atoms with Crippen molar-refractivity contribution >= 4 is 5.91 Å². The number of hydrogen-bond acceptors (Lipinski definition) is 1. The molecule has 0 aromatic heterocycles. The second kappa shape index (κ2) is 5.81. The third kappa shape index (κ3) is 3.56. The minimum atomic E-state index is -0.0746. The molecule has 1 atom stereocenters. The molecule has 1 unspecified atom stereocenters. The fraction of sp³-hybridized carbons (Fsp3) is 0.700. The van der Waals surface area contributed by atoms with Gasteiger partial charge in [-0.3, -0.25) is 4.79 Å². The fourth-order valence-electron chi connectivity index (χ4n) is 1.40. The largest absolute Gasteiger partial charge is 0.350 e. The van der Waals surface area contributed by atoms with E-state index in [2.05, 4.69) is 25.7 Å². The molecule has 0 bridgehead atoms. The lowest BCUT2D eigenvalue weighted by atomic mass is 9.95. The fourth-order valence-corrected chi connectivity index (χ4v) is 1.40. The Kier molecular flexibility index (Phi) is 5.43. The van der Waals surface area contributed by atoms with E-state index in [1.807, 2.05) is 6.92 Å². The summed E-state index contributed by atoms with van der Waals surface area (Å²) in [7, 11) is 0. The van der Waals surface area contributed by atoms with Gasteiger partial charge in [-0.15, -0.1) is 0 Å². The van der Waals surface area contributed by atoms with Crippen LogP contribution in [0, 0.1) is 5.92 Å². The quantitative estimate of drug-likeness (QED) is 0.627. The maximum Gasteiger partial charge on any atom is 0.243 e. The Balaban J connectivity index is 3.91. The molecule has 1 amide bonds. The zero-order valence-electron chi connectivity index (χ0n) is 8.26. The van der Waals surface area contributed by atoms with E-state index in [-0.39, 0.29) is 11.9 Å². The van der Waals surface area contributed by atoms with E-state index < -0.39 is 0 Å². The summed E-state index contributed by atoms with van der Waals surface area (Å²) < 4.78 is 0. The molecule has 0 radical (unpaired) electrons. The highest BCUT2D eigenvalue weighted by atomic mass is 16.1. The van der Waals surface area contributed by atoms with Crippen molar-refractivity contribution in [1.29, 1.82) is 0 Å². The number of nitrogens with one attached hydrogen (secondary N) is 1. The minimum Gasteiger partial charge on any atom is -0.350 e. The van der Waals surface area contributed by atoms with E-state index in [0.29, 0.717) is 5.92 Å². The van der Waals surface area contributed by atoms with Gasteiger partial charge in [0.1, 0.15) is 0 Å². The molecule has 2 heteroatoms. The average molecular weight is 169 g/mol. The molecule has 0 spiro atoms. The van der Waals surface area contributed by atoms with Gasteiger partial charge in [0.05, 0.1) is 0 Å². The van der Waals surface area contributed by atoms with Crippen LogP contribution < -0.4 is 5.32 Å². The average Bonchev–Trinajstić information content (AvgIpc) is 2.06. The first kappa shape index (κ1) is 11.2. The van der Waals surface area contributed by atoms with Crippen molar-refractivity contribution in [3.63, 3.8) is 0 Å². The van der Waals surface area contributed by atoms with Crippen LogP contribution in [0.5, 0.6) is 0 Å². The van der Waals surface area contributed by atoms with E-state index in [1.165, 1.54) is 6.08 Å². The zero-order chi connectivity index (χ0) is 9.56. The van der Waals surface area contributed by atoms with Crippen molar-refractivity contribution in [2.75, 3.05) is 0 Å². The highest BCUT2D eigenvalue weighted by molar-refractivity contribution is 5.87. The normalized spacial score (nSPS) is 12.7. The summed E-state index contributed by atoms with van der Waals surface area (Å²) in [5.41, 5.74) is 0. The third-order valence-electron chi connectivity index (χ3n) is 2.31. The van der Waals surface area contributed by atoms with Crippen LogP contribution in [0.2, 0.25) is 0 Å². The summed E-state index contributed by atoms with van der Waals surface area (Å²) in [6, 6.07) is 0.255. The standard InChI is InChI=1S/C10H19NO/c1-5-9(6-2)8(4)11-10(12)7-3/h7-9H,3,5-6H2,1-2,4H3,(H,11,12). The van der Waals surface area contributed by atoms with E-state index in [1.54, 1.807) is 0 Å². The Labute approximate surface area is 75.0 Å². The molecule has 0 aliphatic heterocycles. The smallest absolute Gasteiger partial charge is 0.243 e. The second-order valence-corrected chi connectivity index (χ2v) is 3.08. The van der Waals surface area contributed by atoms with Gasteiger partial charge in [-0.1, -0.05) is 33.3 Å². The molecule has 12 heavy (non-hydrogen) atoms. The van der Waals surface area contributed by atoms with Crippen molar-refractivity contribution < 1.29 is 4.79 Å². The summed E-state index contributed by atoms with van der Waals surface area (Å²) in [4.78, 5) is 10.9. The molecular weight excluding hydrogens is 150 g/mol. The highest BCUT2D eigenvalue weighted by Gasteiger charge is 2.13. The van der Waals surface area contributed by atoms with Crippen molar-refractivity contribution in [2.24, 2.45) is 5.92 Å². The maximum atomic E-state index is 10.9. The third-order valence-corrected chi connectivity index (χ3v) is 2.31. The Morgan fingerprint density at radius 3 is 2.33 bits per heavy atom. The van der Waals surface area contributed by atoms with Crippen LogP contribution >= 0.6 is 0 Å². The van der Waals surface area contributed by atoms with Crippen molar-refractivity contribution in [3.8, 4) is 0 Å². The van der Waals surface area contributed by atoms with Crippen LogP contribution in [0.25, 0.3) is 0 Å². The van der Waals surface area contributed by atoms with Crippen LogP contribution in [-0.2, 0) is 4.79 Å². The Bertz CT molecular complexity index is 150. The number of hydrogen-bond donors (Lipinski definition) is 1. The van der Waals surface area contributed by atoms with Crippen LogP contribution in [-0.4, -0.2) is 11.9 Å². The highest BCUT2D eigenvalue weighted by Crippen LogP contribution is 2.12. The van der Waals surface area contributed by atoms with E-state index in [9.17, 15) is 4.79 Å². The summed E-state index contributed by atoms with van der Waals surface area (Å²) in [5.74, 6) is 0.503. The summed E-state index contributed by atoms with van der Waals surface area (Å²) in [6.07, 6.45) is 3.53. The summed E-state index contributed by atoms with van der Waals surface area (Å²) in [5, 5.41) is 2.87. The molecular formula is C10H19NO. The van der Waals surface area contributed by atoms with Gasteiger partial charge >= 0.3 is 0 Å². The molecule has 0 aliphatic rings. The Hall–Kier alpha value is -0.790. The molecule has 1 N–H and O–H groups in total. The van der Waals surface area contributed by atoms with Gasteiger partial charge in [0, 0.05) is 6.04 Å². The zero-order valence-corrected chi connectivity index (χ0v) is 8.26. The van der Waals surface area contributed by atoms with E-state index >= 15 is 0 Å². The lowest BCUT2D eigenvalue weighted by molar-refractivity contribution is -0.117. The van der Waals surface area contributed by atoms with E-state index in [0.717, 1.165) is 12.8 Å². The van der Waals surface area contributed by atoms with Gasteiger partial charge in [0.15, 0.2) is 0 Å². The van der Waals surface area contributed by atoms with Crippen molar-refractivity contribution in [2.45, 2.75) is 39.7 Å². The molecule has 0 rings (SSSR count). The first-order valence-corrected chi connectivity index (χ1v) is 4.58. The van der Waals surface area contributed by atoms with Crippen LogP contribution in [0.4, 0.5) is 0 Å². The van der Waals surface area contributed by atoms with E-state index in [4.69, 9.17) is 0 Å². The molecule has 0 heterocycles. The predicted octanol–water partition coefficient (Wildman–Crippen LogP) is 2.11. The molecule has 70 valence electrons. The van der Waals surface area contributed by atoms with Crippen LogP contribution in [0.15, 0.2) is 12.7 Å². The molecule has 0 aromatic rings. The first-order chi connectivity index (χ1) is 5.65. The molecule has 0 aliphatic carbocycles. The first-order valence-electron chi connectivity index (χ1n) is 4.58. The maximum absolute atomic E-state index is 10.9. The Morgan fingerprint density at radius 1 is 1.50 bits per heavy atom. The molecule has 0 saturated heterocycles. The lowest BCUT2D eigenvalue weighted by Gasteiger charge is -2.21. The SMILES string of the molecule is C=CC(=O)NC(C)C(CC)CC. The molecule has 0 saturated carbocycles. The van der Waals surface area contributed by atoms with Crippen molar-refractivity contribution in [3.05, 3.63) is 12.7 Å². The Morgan fingerprint density at radius 2 is 2.00 bits per heavy atom. The number of rotatable bonds is 5.